The number of carbonyl (C=O) groups is 1. The van der Waals surface area contributed by atoms with Gasteiger partial charge in [-0.1, -0.05) is 0 Å². The van der Waals surface area contributed by atoms with E-state index in [9.17, 15) is 14.9 Å². The number of amides is 1. The van der Waals surface area contributed by atoms with Gasteiger partial charge < -0.3 is 14.9 Å². The molecule has 0 bridgehead atoms. The van der Waals surface area contributed by atoms with E-state index >= 15 is 0 Å². The van der Waals surface area contributed by atoms with Crippen LogP contribution >= 0.6 is 0 Å². The number of aromatic nitrogens is 5. The van der Waals surface area contributed by atoms with E-state index in [2.05, 4.69) is 25.6 Å². The van der Waals surface area contributed by atoms with Crippen LogP contribution in [-0.2, 0) is 11.3 Å². The molecule has 100 valence electrons. The summed E-state index contributed by atoms with van der Waals surface area (Å²) in [5, 5.41) is 22.5. The topological polar surface area (TPSA) is 141 Å². The number of ether oxygens (including phenoxy) is 1. The molecule has 0 aliphatic heterocycles. The predicted molar refractivity (Wildman–Crippen MR) is 60.4 cm³/mol. The molecule has 0 fully saturated rings. The Balaban J connectivity index is 1.95. The lowest BCUT2D eigenvalue weighted by Crippen LogP contribution is -2.19. The fraction of sp³-hybridized carbons (Fsp3) is 0.250. The molecule has 2 rings (SSSR count). The Morgan fingerprint density at radius 2 is 2.47 bits per heavy atom. The van der Waals surface area contributed by atoms with Crippen molar-refractivity contribution < 1.29 is 14.5 Å². The van der Waals surface area contributed by atoms with Gasteiger partial charge in [-0.25, -0.2) is 5.10 Å². The van der Waals surface area contributed by atoms with Crippen LogP contribution in [0.15, 0.2) is 12.3 Å². The van der Waals surface area contributed by atoms with Crippen molar-refractivity contribution in [3.63, 3.8) is 0 Å². The summed E-state index contributed by atoms with van der Waals surface area (Å²) in [6.45, 7) is -0.184. The van der Waals surface area contributed by atoms with E-state index in [-0.39, 0.29) is 24.3 Å². The van der Waals surface area contributed by atoms with Gasteiger partial charge in [-0.3, -0.25) is 10.1 Å². The summed E-state index contributed by atoms with van der Waals surface area (Å²) in [6, 6.07) is 1.29. The number of hydrogen-bond acceptors (Lipinski definition) is 7. The zero-order valence-corrected chi connectivity index (χ0v) is 9.73. The van der Waals surface area contributed by atoms with E-state index in [1.165, 1.54) is 19.4 Å². The van der Waals surface area contributed by atoms with Crippen molar-refractivity contribution in [2.45, 2.75) is 6.54 Å². The van der Waals surface area contributed by atoms with Crippen molar-refractivity contribution in [1.29, 1.82) is 0 Å². The van der Waals surface area contributed by atoms with Gasteiger partial charge in [0, 0.05) is 0 Å². The highest BCUT2D eigenvalue weighted by atomic mass is 16.6. The van der Waals surface area contributed by atoms with Crippen LogP contribution in [0.3, 0.4) is 0 Å². The fourth-order valence-electron chi connectivity index (χ4n) is 1.25. The maximum absolute atomic E-state index is 11.6. The minimum atomic E-state index is -0.643. The maximum atomic E-state index is 11.6. The summed E-state index contributed by atoms with van der Waals surface area (Å²) in [6.07, 6.45) is 1.33. The third kappa shape index (κ3) is 3.02. The Morgan fingerprint density at radius 1 is 1.68 bits per heavy atom. The van der Waals surface area contributed by atoms with Crippen molar-refractivity contribution >= 4 is 17.7 Å². The first-order chi connectivity index (χ1) is 9.08. The maximum Gasteiger partial charge on any atom is 0.389 e. The molecule has 0 saturated heterocycles. The molecule has 0 unspecified atom stereocenters. The smallest absolute Gasteiger partial charge is 0.389 e. The molecule has 0 spiro atoms. The summed E-state index contributed by atoms with van der Waals surface area (Å²) in [5.74, 6) is -0.672. The molecule has 2 aromatic heterocycles. The highest BCUT2D eigenvalue weighted by molar-refractivity contribution is 5.88. The van der Waals surface area contributed by atoms with Gasteiger partial charge in [-0.15, -0.1) is 5.10 Å². The van der Waals surface area contributed by atoms with Crippen LogP contribution in [0.2, 0.25) is 0 Å². The Bertz CT molecular complexity index is 604. The lowest BCUT2D eigenvalue weighted by atomic mass is 10.6. The van der Waals surface area contributed by atoms with Gasteiger partial charge in [-0.05, 0) is 4.92 Å². The van der Waals surface area contributed by atoms with Crippen LogP contribution in [0.4, 0.5) is 11.8 Å². The normalized spacial score (nSPS) is 10.2. The fourth-order valence-corrected chi connectivity index (χ4v) is 1.25. The quantitative estimate of drug-likeness (QED) is 0.552. The zero-order valence-electron chi connectivity index (χ0n) is 9.73. The molecule has 0 saturated carbocycles. The predicted octanol–water partition coefficient (Wildman–Crippen LogP) is -0.443. The number of nitro groups is 1. The lowest BCUT2D eigenvalue weighted by molar-refractivity contribution is -0.389. The molecule has 0 aromatic carbocycles. The summed E-state index contributed by atoms with van der Waals surface area (Å²) >= 11 is 0. The summed E-state index contributed by atoms with van der Waals surface area (Å²) in [5.41, 5.74) is 0. The molecular weight excluding hydrogens is 258 g/mol. The van der Waals surface area contributed by atoms with Crippen LogP contribution in [0.5, 0.6) is 6.01 Å². The molecule has 2 heterocycles. The van der Waals surface area contributed by atoms with E-state index < -0.39 is 10.8 Å². The second-order valence-corrected chi connectivity index (χ2v) is 3.35. The van der Waals surface area contributed by atoms with Gasteiger partial charge in [0.25, 0.3) is 5.91 Å². The second kappa shape index (κ2) is 5.12. The van der Waals surface area contributed by atoms with Gasteiger partial charge in [-0.2, -0.15) is 9.67 Å². The third-order valence-electron chi connectivity index (χ3n) is 2.02. The largest absolute Gasteiger partial charge is 0.466 e. The first-order valence-corrected chi connectivity index (χ1v) is 5.02. The van der Waals surface area contributed by atoms with E-state index in [4.69, 9.17) is 4.74 Å². The summed E-state index contributed by atoms with van der Waals surface area (Å²) < 4.78 is 5.87. The van der Waals surface area contributed by atoms with Crippen molar-refractivity contribution in [1.82, 2.24) is 25.0 Å². The van der Waals surface area contributed by atoms with Crippen molar-refractivity contribution in [3.05, 3.63) is 22.4 Å². The summed E-state index contributed by atoms with van der Waals surface area (Å²) in [4.78, 5) is 25.1. The number of carbonyl (C=O) groups excluding carboxylic acids is 1. The molecule has 2 aromatic rings. The monoisotopic (exact) mass is 267 g/mol. The number of rotatable bonds is 5. The molecule has 19 heavy (non-hydrogen) atoms. The van der Waals surface area contributed by atoms with Crippen LogP contribution in [0.25, 0.3) is 0 Å². The second-order valence-electron chi connectivity index (χ2n) is 3.35. The highest BCUT2D eigenvalue weighted by Gasteiger charge is 2.14. The molecule has 1 amide bonds. The molecule has 2 N–H and O–H groups in total. The average Bonchev–Trinajstić information content (AvgIpc) is 2.98. The molecule has 11 heteroatoms. The number of hydrogen-bond donors (Lipinski definition) is 2. The van der Waals surface area contributed by atoms with Crippen LogP contribution < -0.4 is 10.1 Å². The van der Waals surface area contributed by atoms with E-state index in [0.717, 1.165) is 4.68 Å². The summed E-state index contributed by atoms with van der Waals surface area (Å²) in [7, 11) is 1.39. The van der Waals surface area contributed by atoms with Crippen molar-refractivity contribution in [2.75, 3.05) is 12.4 Å². The lowest BCUT2D eigenvalue weighted by Gasteiger charge is -1.98. The number of anilines is 1. The Labute approximate surface area is 105 Å². The molecule has 0 radical (unpaired) electrons. The molecule has 0 aliphatic carbocycles. The Hall–Kier alpha value is -2.98. The Morgan fingerprint density at radius 3 is 3.05 bits per heavy atom. The zero-order chi connectivity index (χ0) is 13.8. The highest BCUT2D eigenvalue weighted by Crippen LogP contribution is 2.06. The van der Waals surface area contributed by atoms with E-state index in [1.807, 2.05) is 0 Å². The van der Waals surface area contributed by atoms with Gasteiger partial charge in [0.1, 0.15) is 6.54 Å². The Kier molecular flexibility index (Phi) is 3.36. The number of methoxy groups -OCH3 is 1. The van der Waals surface area contributed by atoms with Gasteiger partial charge in [0.2, 0.25) is 5.95 Å². The minimum absolute atomic E-state index is 0.0880. The van der Waals surface area contributed by atoms with Gasteiger partial charge >= 0.3 is 11.8 Å². The van der Waals surface area contributed by atoms with Crippen molar-refractivity contribution in [3.8, 4) is 6.01 Å². The van der Waals surface area contributed by atoms with Crippen LogP contribution in [0, 0.1) is 10.1 Å². The molecule has 0 aliphatic rings. The SMILES string of the molecule is COc1n[nH]c(NC(=O)Cn2ccc([N+](=O)[O-])n2)n1. The average molecular weight is 267 g/mol. The first-order valence-electron chi connectivity index (χ1n) is 5.02. The molecule has 0 atom stereocenters. The van der Waals surface area contributed by atoms with E-state index in [0.29, 0.717) is 0 Å². The third-order valence-corrected chi connectivity index (χ3v) is 2.02. The number of nitrogens with zero attached hydrogens (tertiary/aromatic N) is 5. The molecular formula is C8H9N7O4. The standard InChI is InChI=1S/C8H9N7O4/c1-19-8-10-7(11-12-8)9-6(16)4-14-3-2-5(13-14)15(17)18/h2-3H,4H2,1H3,(H2,9,10,11,12,16). The first kappa shape index (κ1) is 12.5. The minimum Gasteiger partial charge on any atom is -0.466 e. The molecule has 11 nitrogen and oxygen atoms in total. The number of nitrogens with one attached hydrogen (secondary N) is 2. The number of aromatic amines is 1. The van der Waals surface area contributed by atoms with E-state index in [1.54, 1.807) is 0 Å². The van der Waals surface area contributed by atoms with Crippen LogP contribution in [0.1, 0.15) is 0 Å². The van der Waals surface area contributed by atoms with Gasteiger partial charge in [0.15, 0.2) is 0 Å². The van der Waals surface area contributed by atoms with Crippen molar-refractivity contribution in [2.24, 2.45) is 0 Å². The number of H-pyrrole nitrogens is 1. The van der Waals surface area contributed by atoms with Gasteiger partial charge in [0.05, 0.1) is 24.5 Å². The van der Waals surface area contributed by atoms with Crippen LogP contribution in [-0.4, -0.2) is 42.9 Å².